The first-order chi connectivity index (χ1) is 26.2. The quantitative estimate of drug-likeness (QED) is 0.0182. The number of ether oxygens (including phenoxy) is 2. The highest BCUT2D eigenvalue weighted by Crippen LogP contribution is 2.43. The van der Waals surface area contributed by atoms with Gasteiger partial charge in [0.05, 0.1) is 19.3 Å². The summed E-state index contributed by atoms with van der Waals surface area (Å²) in [5, 5.41) is 10.0. The summed E-state index contributed by atoms with van der Waals surface area (Å²) in [6.07, 6.45) is 42.5. The van der Waals surface area contributed by atoms with Gasteiger partial charge in [-0.25, -0.2) is 4.57 Å². The molecule has 0 spiro atoms. The van der Waals surface area contributed by atoms with Crippen molar-refractivity contribution in [2.24, 2.45) is 5.73 Å². The fraction of sp³-hybridized carbons (Fsp3) is 0.674. The van der Waals surface area contributed by atoms with Crippen LogP contribution in [0.15, 0.2) is 72.9 Å². The van der Waals surface area contributed by atoms with Gasteiger partial charge >= 0.3 is 19.8 Å². The normalized spacial score (nSPS) is 14.7. The summed E-state index contributed by atoms with van der Waals surface area (Å²) >= 11 is 0. The molecule has 0 rings (SSSR count). The summed E-state index contributed by atoms with van der Waals surface area (Å²) in [4.78, 5) is 34.8. The maximum Gasteiger partial charge on any atom is 0.472 e. The molecule has 0 aromatic heterocycles. The number of rotatable bonds is 37. The molecule has 3 atom stereocenters. The largest absolute Gasteiger partial charge is 0.472 e. The van der Waals surface area contributed by atoms with Crippen LogP contribution in [-0.2, 0) is 32.7 Å². The molecule has 0 amide bonds. The van der Waals surface area contributed by atoms with E-state index in [2.05, 4.69) is 44.2 Å². The van der Waals surface area contributed by atoms with Crippen LogP contribution in [0.25, 0.3) is 0 Å². The van der Waals surface area contributed by atoms with Gasteiger partial charge in [0.1, 0.15) is 6.61 Å². The summed E-state index contributed by atoms with van der Waals surface area (Å²) in [6, 6.07) is 0. The fourth-order valence-corrected chi connectivity index (χ4v) is 5.80. The van der Waals surface area contributed by atoms with E-state index in [-0.39, 0.29) is 32.6 Å². The number of aliphatic hydroxyl groups excluding tert-OH is 1. The van der Waals surface area contributed by atoms with Crippen molar-refractivity contribution in [2.45, 2.75) is 161 Å². The van der Waals surface area contributed by atoms with Gasteiger partial charge in [-0.15, -0.1) is 0 Å². The number of aliphatic hydroxyl groups is 1. The van der Waals surface area contributed by atoms with Gasteiger partial charge in [-0.05, 0) is 77.0 Å². The highest BCUT2D eigenvalue weighted by atomic mass is 31.2. The molecule has 3 unspecified atom stereocenters. The third-order valence-corrected chi connectivity index (χ3v) is 9.13. The van der Waals surface area contributed by atoms with E-state index in [9.17, 15) is 24.2 Å². The number of esters is 2. The molecule has 0 aliphatic carbocycles. The lowest BCUT2D eigenvalue weighted by atomic mass is 10.1. The highest BCUT2D eigenvalue weighted by molar-refractivity contribution is 7.47. The zero-order valence-corrected chi connectivity index (χ0v) is 34.4. The minimum absolute atomic E-state index is 0.0292. The molecule has 11 heteroatoms. The first-order valence-electron chi connectivity index (χ1n) is 20.5. The molecule has 0 aliphatic heterocycles. The Morgan fingerprint density at radius 1 is 0.648 bits per heavy atom. The number of phosphoric acid groups is 1. The van der Waals surface area contributed by atoms with E-state index >= 15 is 0 Å². The molecule has 0 aromatic rings. The van der Waals surface area contributed by atoms with E-state index in [0.29, 0.717) is 25.7 Å². The van der Waals surface area contributed by atoms with Gasteiger partial charge in [-0.1, -0.05) is 132 Å². The Bertz CT molecular complexity index is 1130. The van der Waals surface area contributed by atoms with E-state index < -0.39 is 38.6 Å². The van der Waals surface area contributed by atoms with Crippen LogP contribution < -0.4 is 5.73 Å². The molecule has 0 radical (unpaired) electrons. The second kappa shape index (κ2) is 38.7. The predicted molar refractivity (Wildman–Crippen MR) is 221 cm³/mol. The Morgan fingerprint density at radius 2 is 1.20 bits per heavy atom. The first-order valence-corrected chi connectivity index (χ1v) is 22.0. The van der Waals surface area contributed by atoms with E-state index in [0.717, 1.165) is 51.4 Å². The van der Waals surface area contributed by atoms with Crippen LogP contribution in [0.1, 0.15) is 149 Å². The van der Waals surface area contributed by atoms with Crippen LogP contribution in [0.5, 0.6) is 0 Å². The number of allylic oxidation sites excluding steroid dienone is 10. The number of unbranched alkanes of at least 4 members (excludes halogenated alkanes) is 12. The Balaban J connectivity index is 4.40. The van der Waals surface area contributed by atoms with Gasteiger partial charge in [0.15, 0.2) is 6.10 Å². The Hall–Kier alpha value is -2.59. The van der Waals surface area contributed by atoms with Gasteiger partial charge in [0.25, 0.3) is 0 Å². The van der Waals surface area contributed by atoms with Gasteiger partial charge in [-0.2, -0.15) is 0 Å². The molecule has 54 heavy (non-hydrogen) atoms. The van der Waals surface area contributed by atoms with Crippen molar-refractivity contribution in [1.29, 1.82) is 0 Å². The van der Waals surface area contributed by atoms with Gasteiger partial charge in [-0.3, -0.25) is 18.6 Å². The average Bonchev–Trinajstić information content (AvgIpc) is 3.15. The van der Waals surface area contributed by atoms with Crippen molar-refractivity contribution in [3.05, 3.63) is 72.9 Å². The van der Waals surface area contributed by atoms with E-state index in [4.69, 9.17) is 24.3 Å². The van der Waals surface area contributed by atoms with E-state index in [1.807, 2.05) is 36.5 Å². The summed E-state index contributed by atoms with van der Waals surface area (Å²) in [5.41, 5.74) is 5.33. The third-order valence-electron chi connectivity index (χ3n) is 8.15. The second-order valence-corrected chi connectivity index (χ2v) is 14.8. The molecule has 0 saturated carbocycles. The van der Waals surface area contributed by atoms with Crippen molar-refractivity contribution in [1.82, 2.24) is 0 Å². The first kappa shape index (κ1) is 51.4. The Kier molecular flexibility index (Phi) is 36.8. The van der Waals surface area contributed by atoms with Crippen molar-refractivity contribution in [2.75, 3.05) is 26.4 Å². The second-order valence-electron chi connectivity index (χ2n) is 13.3. The topological polar surface area (TPSA) is 155 Å². The molecule has 0 saturated heterocycles. The SMILES string of the molecule is CCCCC/C=C\C/C=C\CCCCCCCC(=O)OCC(COP(=O)(O)OCCN)OC(=O)CCC/C=C\C/C=C\C=C\C(O)C/C=C\CCCCC. The van der Waals surface area contributed by atoms with Crippen molar-refractivity contribution >= 4 is 19.8 Å². The Labute approximate surface area is 327 Å². The molecule has 0 fully saturated rings. The van der Waals surface area contributed by atoms with Crippen LogP contribution in [0.2, 0.25) is 0 Å². The molecule has 0 bridgehead atoms. The lowest BCUT2D eigenvalue weighted by Gasteiger charge is -2.19. The van der Waals surface area contributed by atoms with Crippen molar-refractivity contribution in [3.8, 4) is 0 Å². The maximum atomic E-state index is 12.5. The lowest BCUT2D eigenvalue weighted by Crippen LogP contribution is -2.29. The summed E-state index contributed by atoms with van der Waals surface area (Å²) in [5.74, 6) is -0.957. The molecule has 10 nitrogen and oxygen atoms in total. The van der Waals surface area contributed by atoms with Crippen molar-refractivity contribution in [3.63, 3.8) is 0 Å². The highest BCUT2D eigenvalue weighted by Gasteiger charge is 2.25. The zero-order chi connectivity index (χ0) is 39.8. The number of carbonyl (C=O) groups excluding carboxylic acids is 2. The minimum atomic E-state index is -4.41. The summed E-state index contributed by atoms with van der Waals surface area (Å²) in [7, 11) is -4.41. The fourth-order valence-electron chi connectivity index (χ4n) is 5.03. The average molecular weight is 780 g/mol. The number of nitrogens with two attached hydrogens (primary N) is 1. The zero-order valence-electron chi connectivity index (χ0n) is 33.5. The van der Waals surface area contributed by atoms with Crippen LogP contribution in [0.3, 0.4) is 0 Å². The molecular weight excluding hydrogens is 705 g/mol. The van der Waals surface area contributed by atoms with Gasteiger partial charge in [0.2, 0.25) is 0 Å². The van der Waals surface area contributed by atoms with Crippen LogP contribution >= 0.6 is 7.82 Å². The number of carbonyl (C=O) groups is 2. The van der Waals surface area contributed by atoms with Crippen LogP contribution in [-0.4, -0.2) is 60.5 Å². The predicted octanol–water partition coefficient (Wildman–Crippen LogP) is 10.5. The Morgan fingerprint density at radius 3 is 1.85 bits per heavy atom. The number of hydrogen-bond donors (Lipinski definition) is 3. The number of hydrogen-bond acceptors (Lipinski definition) is 9. The van der Waals surface area contributed by atoms with E-state index in [1.165, 1.54) is 44.9 Å². The summed E-state index contributed by atoms with van der Waals surface area (Å²) in [6.45, 7) is 3.48. The molecule has 0 aromatic carbocycles. The number of phosphoric ester groups is 1. The smallest absolute Gasteiger partial charge is 0.462 e. The van der Waals surface area contributed by atoms with Crippen molar-refractivity contribution < 1.29 is 42.7 Å². The minimum Gasteiger partial charge on any atom is -0.462 e. The van der Waals surface area contributed by atoms with Gasteiger partial charge in [0, 0.05) is 19.4 Å². The molecule has 310 valence electrons. The van der Waals surface area contributed by atoms with E-state index in [1.54, 1.807) is 6.08 Å². The van der Waals surface area contributed by atoms with Crippen LogP contribution in [0, 0.1) is 0 Å². The maximum absolute atomic E-state index is 12.5. The summed E-state index contributed by atoms with van der Waals surface area (Å²) < 4.78 is 32.6. The third kappa shape index (κ3) is 37.7. The molecular formula is C43H74NO9P. The molecule has 0 aliphatic rings. The lowest BCUT2D eigenvalue weighted by molar-refractivity contribution is -0.161. The molecule has 4 N–H and O–H groups in total. The standard InChI is InChI=1S/C43H74NO9P/c1-3-5-7-9-11-12-13-14-15-16-17-18-22-26-30-34-42(46)50-38-41(39-52-54(48,49)51-37-36-44)53-43(47)35-31-27-23-20-19-21-25-29-33-40(45)32-28-24-10-8-6-4-2/h11-12,14-15,20-21,23-25,28-29,33,40-41,45H,3-10,13,16-19,22,26-27,30-32,34-39,44H2,1-2H3,(H,48,49)/b12-11-,15-14-,23-20-,25-21-,28-24-,33-29+. The van der Waals surface area contributed by atoms with Gasteiger partial charge < -0.3 is 25.2 Å². The van der Waals surface area contributed by atoms with Crippen LogP contribution in [0.4, 0.5) is 0 Å². The molecule has 0 heterocycles. The monoisotopic (exact) mass is 780 g/mol.